The zero-order valence-electron chi connectivity index (χ0n) is 9.81. The molecule has 0 saturated carbocycles. The van der Waals surface area contributed by atoms with E-state index in [0.717, 1.165) is 10.9 Å². The Labute approximate surface area is 119 Å². The van der Waals surface area contributed by atoms with Crippen LogP contribution in [0.15, 0.2) is 41.5 Å². The number of hydrogen-bond donors (Lipinski definition) is 0. The molecule has 1 aliphatic heterocycles. The van der Waals surface area contributed by atoms with Crippen LogP contribution in [-0.4, -0.2) is 32.2 Å². The van der Waals surface area contributed by atoms with Crippen molar-refractivity contribution in [3.8, 4) is 0 Å². The van der Waals surface area contributed by atoms with Crippen molar-refractivity contribution in [3.05, 3.63) is 42.1 Å². The molecule has 19 heavy (non-hydrogen) atoms. The van der Waals surface area contributed by atoms with Gasteiger partial charge in [0.25, 0.3) is 5.91 Å². The molecule has 2 aromatic rings. The predicted molar refractivity (Wildman–Crippen MR) is 81.2 cm³/mol. The third-order valence-electron chi connectivity index (χ3n) is 2.65. The van der Waals surface area contributed by atoms with E-state index in [4.69, 9.17) is 12.2 Å². The van der Waals surface area contributed by atoms with Gasteiger partial charge in [-0.15, -0.1) is 0 Å². The van der Waals surface area contributed by atoms with Gasteiger partial charge in [-0.05, 0) is 12.1 Å². The van der Waals surface area contributed by atoms with Crippen molar-refractivity contribution in [1.82, 2.24) is 9.99 Å². The van der Waals surface area contributed by atoms with E-state index in [1.165, 1.54) is 16.8 Å². The van der Waals surface area contributed by atoms with Crippen molar-refractivity contribution < 1.29 is 4.79 Å². The molecule has 4 nitrogen and oxygen atoms in total. The Bertz CT molecular complexity index is 683. The summed E-state index contributed by atoms with van der Waals surface area (Å²) in [7, 11) is 0. The van der Waals surface area contributed by atoms with Gasteiger partial charge in [0.05, 0.1) is 23.2 Å². The largest absolute Gasteiger partial charge is 0.272 e. The molecule has 1 aromatic carbocycles. The van der Waals surface area contributed by atoms with Gasteiger partial charge >= 0.3 is 0 Å². The number of carbonyl (C=O) groups is 1. The molecule has 0 atom stereocenters. The first-order chi connectivity index (χ1) is 9.24. The first-order valence-electron chi connectivity index (χ1n) is 5.63. The molecule has 0 bridgehead atoms. The predicted octanol–water partition coefficient (Wildman–Crippen LogP) is 2.43. The van der Waals surface area contributed by atoms with E-state index in [1.54, 1.807) is 6.21 Å². The molecule has 6 heteroatoms. The SMILES string of the molecule is O=C1CSC(=S)N1N=Cc1ccc2ccccc2n1. The minimum absolute atomic E-state index is 0.0907. The first-order valence-corrected chi connectivity index (χ1v) is 7.03. The summed E-state index contributed by atoms with van der Waals surface area (Å²) < 4.78 is 0.488. The highest BCUT2D eigenvalue weighted by Gasteiger charge is 2.25. The highest BCUT2D eigenvalue weighted by Crippen LogP contribution is 2.19. The number of fused-ring (bicyclic) bond motifs is 1. The van der Waals surface area contributed by atoms with E-state index in [0.29, 0.717) is 15.8 Å². The number of pyridine rings is 1. The minimum atomic E-state index is -0.0907. The van der Waals surface area contributed by atoms with Gasteiger partial charge < -0.3 is 0 Å². The molecular formula is C13H9N3OS2. The highest BCUT2D eigenvalue weighted by molar-refractivity contribution is 8.23. The standard InChI is InChI=1S/C13H9N3OS2/c17-12-8-19-13(18)16(12)14-7-10-6-5-9-3-1-2-4-11(9)15-10/h1-7H,8H2. The molecule has 1 aromatic heterocycles. The smallest absolute Gasteiger partial charge is 0.259 e. The number of hydrogen-bond acceptors (Lipinski definition) is 5. The molecule has 0 radical (unpaired) electrons. The van der Waals surface area contributed by atoms with Crippen molar-refractivity contribution in [3.63, 3.8) is 0 Å². The summed E-state index contributed by atoms with van der Waals surface area (Å²) in [5.41, 5.74) is 1.60. The van der Waals surface area contributed by atoms with Gasteiger partial charge in [0.2, 0.25) is 0 Å². The second-order valence-corrected chi connectivity index (χ2v) is 5.54. The van der Waals surface area contributed by atoms with Crippen LogP contribution in [0.4, 0.5) is 0 Å². The summed E-state index contributed by atoms with van der Waals surface area (Å²) in [4.78, 5) is 16.0. The fourth-order valence-corrected chi connectivity index (χ4v) is 2.70. The number of para-hydroxylation sites is 1. The van der Waals surface area contributed by atoms with Gasteiger partial charge in [-0.3, -0.25) is 4.79 Å². The Hall–Kier alpha value is -1.79. The van der Waals surface area contributed by atoms with Crippen LogP contribution in [0.3, 0.4) is 0 Å². The Morgan fingerprint density at radius 1 is 1.32 bits per heavy atom. The number of carbonyl (C=O) groups excluding carboxylic acids is 1. The molecule has 1 saturated heterocycles. The maximum Gasteiger partial charge on any atom is 0.259 e. The molecule has 0 unspecified atom stereocenters. The summed E-state index contributed by atoms with van der Waals surface area (Å²) in [6.07, 6.45) is 1.56. The van der Waals surface area contributed by atoms with Gasteiger partial charge in [0, 0.05) is 5.39 Å². The van der Waals surface area contributed by atoms with E-state index in [-0.39, 0.29) is 5.91 Å². The van der Waals surface area contributed by atoms with Crippen LogP contribution in [0, 0.1) is 0 Å². The summed E-state index contributed by atoms with van der Waals surface area (Å²) in [6.45, 7) is 0. The average Bonchev–Trinajstić information content (AvgIpc) is 2.76. The van der Waals surface area contributed by atoms with E-state index in [9.17, 15) is 4.79 Å². The monoisotopic (exact) mass is 287 g/mol. The number of benzene rings is 1. The molecule has 0 spiro atoms. The van der Waals surface area contributed by atoms with Crippen molar-refractivity contribution in [2.45, 2.75) is 0 Å². The maximum atomic E-state index is 11.5. The van der Waals surface area contributed by atoms with Crippen LogP contribution in [-0.2, 0) is 4.79 Å². The fourth-order valence-electron chi connectivity index (χ4n) is 1.73. The Morgan fingerprint density at radius 3 is 2.95 bits per heavy atom. The molecule has 1 aliphatic rings. The normalized spacial score (nSPS) is 15.9. The van der Waals surface area contributed by atoms with Gasteiger partial charge in [0.15, 0.2) is 4.32 Å². The number of rotatable bonds is 2. The van der Waals surface area contributed by atoms with Crippen molar-refractivity contribution in [2.24, 2.45) is 5.10 Å². The number of nitrogens with zero attached hydrogens (tertiary/aromatic N) is 3. The first kappa shape index (κ1) is 12.3. The minimum Gasteiger partial charge on any atom is -0.272 e. The Balaban J connectivity index is 1.88. The quantitative estimate of drug-likeness (QED) is 0.628. The lowest BCUT2D eigenvalue weighted by Gasteiger charge is -2.06. The molecule has 1 fully saturated rings. The zero-order valence-corrected chi connectivity index (χ0v) is 11.4. The van der Waals surface area contributed by atoms with Crippen LogP contribution in [0.5, 0.6) is 0 Å². The van der Waals surface area contributed by atoms with Gasteiger partial charge in [-0.25, -0.2) is 4.98 Å². The van der Waals surface area contributed by atoms with Crippen molar-refractivity contribution >= 4 is 51.3 Å². The number of thioether (sulfide) groups is 1. The number of aromatic nitrogens is 1. The molecule has 0 aliphatic carbocycles. The molecule has 0 N–H and O–H groups in total. The topological polar surface area (TPSA) is 45.6 Å². The second-order valence-electron chi connectivity index (χ2n) is 3.93. The number of thiocarbonyl (C=S) groups is 1. The lowest BCUT2D eigenvalue weighted by molar-refractivity contribution is -0.123. The molecule has 2 heterocycles. The lowest BCUT2D eigenvalue weighted by Crippen LogP contribution is -2.22. The Kier molecular flexibility index (Phi) is 3.27. The summed E-state index contributed by atoms with van der Waals surface area (Å²) >= 11 is 6.37. The van der Waals surface area contributed by atoms with Crippen molar-refractivity contribution in [2.75, 3.05) is 5.75 Å². The van der Waals surface area contributed by atoms with Crippen LogP contribution < -0.4 is 0 Å². The second kappa shape index (κ2) is 5.07. The molecule has 1 amide bonds. The van der Waals surface area contributed by atoms with E-state index >= 15 is 0 Å². The van der Waals surface area contributed by atoms with Gasteiger partial charge in [-0.1, -0.05) is 48.2 Å². The van der Waals surface area contributed by atoms with Crippen LogP contribution in [0.2, 0.25) is 0 Å². The zero-order chi connectivity index (χ0) is 13.2. The summed E-state index contributed by atoms with van der Waals surface area (Å²) in [6, 6.07) is 11.7. The van der Waals surface area contributed by atoms with Crippen LogP contribution in [0.1, 0.15) is 5.69 Å². The maximum absolute atomic E-state index is 11.5. The van der Waals surface area contributed by atoms with Crippen LogP contribution in [0.25, 0.3) is 10.9 Å². The van der Waals surface area contributed by atoms with Crippen LogP contribution >= 0.6 is 24.0 Å². The van der Waals surface area contributed by atoms with E-state index in [1.807, 2.05) is 36.4 Å². The lowest BCUT2D eigenvalue weighted by atomic mass is 10.2. The fraction of sp³-hybridized carbons (Fsp3) is 0.0769. The third-order valence-corrected chi connectivity index (χ3v) is 3.99. The van der Waals surface area contributed by atoms with Gasteiger partial charge in [-0.2, -0.15) is 10.1 Å². The van der Waals surface area contributed by atoms with E-state index in [2.05, 4.69) is 10.1 Å². The number of amides is 1. The third kappa shape index (κ3) is 2.50. The van der Waals surface area contributed by atoms with E-state index < -0.39 is 0 Å². The highest BCUT2D eigenvalue weighted by atomic mass is 32.2. The summed E-state index contributed by atoms with van der Waals surface area (Å²) in [5, 5.41) is 6.42. The van der Waals surface area contributed by atoms with Crippen molar-refractivity contribution in [1.29, 1.82) is 0 Å². The Morgan fingerprint density at radius 2 is 2.16 bits per heavy atom. The summed E-state index contributed by atoms with van der Waals surface area (Å²) in [5.74, 6) is 0.272. The average molecular weight is 287 g/mol. The molecule has 3 rings (SSSR count). The molecule has 94 valence electrons. The van der Waals surface area contributed by atoms with Gasteiger partial charge in [0.1, 0.15) is 0 Å². The number of hydrazone groups is 1. The molecular weight excluding hydrogens is 278 g/mol.